The molecular weight excluding hydrogens is 390 g/mol. The van der Waals surface area contributed by atoms with Gasteiger partial charge in [0.15, 0.2) is 5.58 Å². The number of oxazole rings is 1. The summed E-state index contributed by atoms with van der Waals surface area (Å²) in [6, 6.07) is 13.9. The van der Waals surface area contributed by atoms with Crippen LogP contribution < -0.4 is 10.7 Å². The van der Waals surface area contributed by atoms with Crippen molar-refractivity contribution in [1.29, 1.82) is 0 Å². The first-order valence-electron chi connectivity index (χ1n) is 9.99. The van der Waals surface area contributed by atoms with Gasteiger partial charge in [0.2, 0.25) is 0 Å². The third-order valence-electron chi connectivity index (χ3n) is 5.72. The lowest BCUT2D eigenvalue weighted by molar-refractivity contribution is 0.177. The molecule has 0 spiro atoms. The van der Waals surface area contributed by atoms with E-state index < -0.39 is 0 Å². The number of aliphatic hydroxyl groups excluding tert-OH is 1. The molecule has 3 aromatic rings. The van der Waals surface area contributed by atoms with Crippen molar-refractivity contribution in [3.63, 3.8) is 0 Å². The van der Waals surface area contributed by atoms with Gasteiger partial charge in [0.1, 0.15) is 0 Å². The molecule has 7 heteroatoms. The maximum Gasteiger partial charge on any atom is 0.420 e. The smallest absolute Gasteiger partial charge is 0.408 e. The van der Waals surface area contributed by atoms with Crippen LogP contribution in [0.2, 0.25) is 5.02 Å². The molecule has 1 aromatic heterocycles. The second-order valence-corrected chi connectivity index (χ2v) is 8.11. The summed E-state index contributed by atoms with van der Waals surface area (Å²) in [6.07, 6.45) is 1.80. The van der Waals surface area contributed by atoms with Gasteiger partial charge in [-0.2, -0.15) is 0 Å². The molecule has 2 aromatic carbocycles. The number of hydrogen-bond acceptors (Lipinski definition) is 5. The van der Waals surface area contributed by atoms with Crippen LogP contribution in [-0.2, 0) is 6.54 Å². The molecule has 1 saturated heterocycles. The van der Waals surface area contributed by atoms with E-state index in [2.05, 4.69) is 29.2 Å². The van der Waals surface area contributed by atoms with Crippen molar-refractivity contribution in [2.45, 2.75) is 25.4 Å². The van der Waals surface area contributed by atoms with Crippen LogP contribution in [0.15, 0.2) is 51.7 Å². The first kappa shape index (κ1) is 20.0. The van der Waals surface area contributed by atoms with Crippen molar-refractivity contribution in [2.75, 3.05) is 38.2 Å². The number of piperidine rings is 1. The molecule has 0 unspecified atom stereocenters. The Kier molecular flexibility index (Phi) is 5.94. The van der Waals surface area contributed by atoms with Crippen molar-refractivity contribution in [2.24, 2.45) is 0 Å². The summed E-state index contributed by atoms with van der Waals surface area (Å²) in [6.45, 7) is 3.52. The van der Waals surface area contributed by atoms with Gasteiger partial charge < -0.3 is 14.4 Å². The number of rotatable bonds is 6. The summed E-state index contributed by atoms with van der Waals surface area (Å²) in [5, 5.41) is 9.67. The quantitative estimate of drug-likeness (QED) is 0.667. The Labute approximate surface area is 174 Å². The minimum Gasteiger partial charge on any atom is -0.408 e. The van der Waals surface area contributed by atoms with Gasteiger partial charge in [-0.15, -0.1) is 0 Å². The number of halogens is 1. The molecule has 1 aliphatic heterocycles. The standard InChI is InChI=1S/C22H26ClN3O3/c1-24(12-13-27)18-5-2-16(3-6-18)15-25-10-8-19(9-11-25)26-20-14-17(23)4-7-21(20)29-22(26)28/h2-7,14,19,27H,8-13,15H2,1H3. The molecule has 29 heavy (non-hydrogen) atoms. The molecule has 1 N–H and O–H groups in total. The van der Waals surface area contributed by atoms with Gasteiger partial charge in [-0.25, -0.2) is 4.79 Å². The number of nitrogens with zero attached hydrogens (tertiary/aromatic N) is 3. The third-order valence-corrected chi connectivity index (χ3v) is 5.95. The van der Waals surface area contributed by atoms with E-state index in [4.69, 9.17) is 21.1 Å². The summed E-state index contributed by atoms with van der Waals surface area (Å²) < 4.78 is 7.16. The predicted octanol–water partition coefficient (Wildman–Crippen LogP) is 3.51. The fourth-order valence-electron chi connectivity index (χ4n) is 4.08. The number of hydrogen-bond donors (Lipinski definition) is 1. The summed E-state index contributed by atoms with van der Waals surface area (Å²) in [5.74, 6) is -0.302. The highest BCUT2D eigenvalue weighted by Gasteiger charge is 2.24. The highest BCUT2D eigenvalue weighted by Crippen LogP contribution is 2.28. The average molecular weight is 416 g/mol. The number of anilines is 1. The zero-order chi connectivity index (χ0) is 20.4. The molecule has 0 aliphatic carbocycles. The summed E-state index contributed by atoms with van der Waals surface area (Å²) in [7, 11) is 1.98. The summed E-state index contributed by atoms with van der Waals surface area (Å²) in [5.41, 5.74) is 3.74. The number of likely N-dealkylation sites (N-methyl/N-ethyl adjacent to an activating group) is 1. The van der Waals surface area contributed by atoms with Crippen LogP contribution in [0.5, 0.6) is 0 Å². The summed E-state index contributed by atoms with van der Waals surface area (Å²) in [4.78, 5) is 16.8. The monoisotopic (exact) mass is 415 g/mol. The van der Waals surface area contributed by atoms with Crippen molar-refractivity contribution >= 4 is 28.4 Å². The Balaban J connectivity index is 1.39. The van der Waals surface area contributed by atoms with E-state index in [1.807, 2.05) is 18.0 Å². The number of fused-ring (bicyclic) bond motifs is 1. The second kappa shape index (κ2) is 8.61. The number of benzene rings is 2. The minimum absolute atomic E-state index is 0.132. The number of aromatic nitrogens is 1. The van der Waals surface area contributed by atoms with Gasteiger partial charge >= 0.3 is 5.76 Å². The lowest BCUT2D eigenvalue weighted by Gasteiger charge is -2.32. The molecule has 0 amide bonds. The van der Waals surface area contributed by atoms with Crippen molar-refractivity contribution < 1.29 is 9.52 Å². The molecule has 0 saturated carbocycles. The van der Waals surface area contributed by atoms with Gasteiger partial charge in [0, 0.05) is 50.0 Å². The number of likely N-dealkylation sites (tertiary alicyclic amines) is 1. The zero-order valence-electron chi connectivity index (χ0n) is 16.6. The molecule has 1 fully saturated rings. The fraction of sp³-hybridized carbons (Fsp3) is 0.409. The van der Waals surface area contributed by atoms with Crippen LogP contribution >= 0.6 is 11.6 Å². The molecule has 0 radical (unpaired) electrons. The van der Waals surface area contributed by atoms with Crippen molar-refractivity contribution in [3.05, 3.63) is 63.6 Å². The molecule has 4 rings (SSSR count). The van der Waals surface area contributed by atoms with E-state index in [0.29, 0.717) is 17.2 Å². The predicted molar refractivity (Wildman–Crippen MR) is 116 cm³/mol. The van der Waals surface area contributed by atoms with Crippen LogP contribution in [0, 0.1) is 0 Å². The largest absolute Gasteiger partial charge is 0.420 e. The van der Waals surface area contributed by atoms with E-state index in [9.17, 15) is 4.79 Å². The Morgan fingerprint density at radius 2 is 1.90 bits per heavy atom. The van der Waals surface area contributed by atoms with Crippen LogP contribution in [0.4, 0.5) is 5.69 Å². The van der Waals surface area contributed by atoms with Crippen LogP contribution in [0.1, 0.15) is 24.4 Å². The highest BCUT2D eigenvalue weighted by atomic mass is 35.5. The molecular formula is C22H26ClN3O3. The molecule has 2 heterocycles. The maximum absolute atomic E-state index is 12.4. The van der Waals surface area contributed by atoms with Gasteiger partial charge in [0.25, 0.3) is 0 Å². The molecule has 154 valence electrons. The number of aliphatic hydroxyl groups is 1. The lowest BCUT2D eigenvalue weighted by Crippen LogP contribution is -2.36. The second-order valence-electron chi connectivity index (χ2n) is 7.67. The van der Waals surface area contributed by atoms with E-state index in [1.54, 1.807) is 16.7 Å². The third kappa shape index (κ3) is 4.34. The normalized spacial score (nSPS) is 15.8. The van der Waals surface area contributed by atoms with Gasteiger partial charge in [-0.3, -0.25) is 9.47 Å². The minimum atomic E-state index is -0.302. The Morgan fingerprint density at radius 1 is 1.17 bits per heavy atom. The van der Waals surface area contributed by atoms with E-state index in [-0.39, 0.29) is 18.4 Å². The molecule has 0 bridgehead atoms. The average Bonchev–Trinajstić information content (AvgIpc) is 3.04. The van der Waals surface area contributed by atoms with Gasteiger partial charge in [-0.1, -0.05) is 23.7 Å². The first-order chi connectivity index (χ1) is 14.0. The molecule has 1 aliphatic rings. The maximum atomic E-state index is 12.4. The van der Waals surface area contributed by atoms with Gasteiger partial charge in [0.05, 0.1) is 12.1 Å². The van der Waals surface area contributed by atoms with Crippen LogP contribution in [-0.4, -0.2) is 47.9 Å². The van der Waals surface area contributed by atoms with Crippen LogP contribution in [0.25, 0.3) is 11.1 Å². The summed E-state index contributed by atoms with van der Waals surface area (Å²) >= 11 is 6.12. The van der Waals surface area contributed by atoms with E-state index >= 15 is 0 Å². The SMILES string of the molecule is CN(CCO)c1ccc(CN2CCC(n3c(=O)oc4ccc(Cl)cc43)CC2)cc1. The van der Waals surface area contributed by atoms with E-state index in [1.165, 1.54) is 5.56 Å². The highest BCUT2D eigenvalue weighted by molar-refractivity contribution is 6.31. The van der Waals surface area contributed by atoms with Crippen molar-refractivity contribution in [1.82, 2.24) is 9.47 Å². The van der Waals surface area contributed by atoms with Crippen LogP contribution in [0.3, 0.4) is 0 Å². The fourth-order valence-corrected chi connectivity index (χ4v) is 4.25. The first-order valence-corrected chi connectivity index (χ1v) is 10.4. The Morgan fingerprint density at radius 3 is 2.59 bits per heavy atom. The molecule has 0 atom stereocenters. The zero-order valence-corrected chi connectivity index (χ0v) is 17.3. The molecule has 6 nitrogen and oxygen atoms in total. The Hall–Kier alpha value is -2.28. The van der Waals surface area contributed by atoms with Gasteiger partial charge in [-0.05, 0) is 48.7 Å². The topological polar surface area (TPSA) is 61.9 Å². The Bertz CT molecular complexity index is 1020. The lowest BCUT2D eigenvalue weighted by atomic mass is 10.0. The van der Waals surface area contributed by atoms with Crippen molar-refractivity contribution in [3.8, 4) is 0 Å². The van der Waals surface area contributed by atoms with E-state index in [0.717, 1.165) is 43.7 Å².